The first-order valence-corrected chi connectivity index (χ1v) is 10.7. The lowest BCUT2D eigenvalue weighted by Crippen LogP contribution is -2.39. The summed E-state index contributed by atoms with van der Waals surface area (Å²) in [7, 11) is 0. The van der Waals surface area contributed by atoms with Crippen LogP contribution in [-0.2, 0) is 9.59 Å². The van der Waals surface area contributed by atoms with Crippen molar-refractivity contribution >= 4 is 46.0 Å². The highest BCUT2D eigenvalue weighted by Crippen LogP contribution is 2.17. The van der Waals surface area contributed by atoms with Gasteiger partial charge in [0.2, 0.25) is 5.91 Å². The number of aliphatic carboxylic acids is 1. The quantitative estimate of drug-likeness (QED) is 0.327. The number of thiazole rings is 1. The predicted molar refractivity (Wildman–Crippen MR) is 123 cm³/mol. The molecule has 0 spiro atoms. The molecular formula is C22H21N5O5S. The lowest BCUT2D eigenvalue weighted by Gasteiger charge is -2.17. The third-order valence-corrected chi connectivity index (χ3v) is 5.07. The van der Waals surface area contributed by atoms with Gasteiger partial charge in [-0.15, -0.1) is 11.3 Å². The molecule has 33 heavy (non-hydrogen) atoms. The van der Waals surface area contributed by atoms with E-state index in [2.05, 4.69) is 26.3 Å². The van der Waals surface area contributed by atoms with E-state index in [1.54, 1.807) is 54.6 Å². The van der Waals surface area contributed by atoms with Crippen LogP contribution in [0.25, 0.3) is 0 Å². The first-order valence-electron chi connectivity index (χ1n) is 9.83. The molecule has 5 N–H and O–H groups in total. The number of hydrogen-bond acceptors (Lipinski definition) is 6. The SMILES string of the molecule is O=C(O)CC(NC(=O)CNC(=O)c1csc(NC(=O)Nc2ccccc2)n1)c1ccccc1. The summed E-state index contributed by atoms with van der Waals surface area (Å²) < 4.78 is 0. The van der Waals surface area contributed by atoms with Crippen molar-refractivity contribution in [3.8, 4) is 0 Å². The van der Waals surface area contributed by atoms with Crippen LogP contribution in [0, 0.1) is 0 Å². The van der Waals surface area contributed by atoms with Crippen LogP contribution in [0.5, 0.6) is 0 Å². The summed E-state index contributed by atoms with van der Waals surface area (Å²) in [6.45, 7) is -0.365. The normalized spacial score (nSPS) is 11.2. The van der Waals surface area contributed by atoms with Gasteiger partial charge in [-0.05, 0) is 17.7 Å². The third-order valence-electron chi connectivity index (χ3n) is 4.31. The highest BCUT2D eigenvalue weighted by molar-refractivity contribution is 7.14. The van der Waals surface area contributed by atoms with Gasteiger partial charge >= 0.3 is 12.0 Å². The summed E-state index contributed by atoms with van der Waals surface area (Å²) in [6.07, 6.45) is -0.296. The first-order chi connectivity index (χ1) is 15.9. The average molecular weight is 468 g/mol. The summed E-state index contributed by atoms with van der Waals surface area (Å²) in [6, 6.07) is 16.3. The zero-order valence-electron chi connectivity index (χ0n) is 17.3. The highest BCUT2D eigenvalue weighted by Gasteiger charge is 2.19. The van der Waals surface area contributed by atoms with E-state index in [1.807, 2.05) is 6.07 Å². The number of anilines is 2. The number of hydrogen-bond donors (Lipinski definition) is 5. The number of nitrogens with zero attached hydrogens (tertiary/aromatic N) is 1. The Labute approximate surface area is 193 Å². The molecule has 3 rings (SSSR count). The van der Waals surface area contributed by atoms with Gasteiger partial charge in [-0.3, -0.25) is 19.7 Å². The topological polar surface area (TPSA) is 150 Å². The Hall–Kier alpha value is -4.25. The van der Waals surface area contributed by atoms with E-state index >= 15 is 0 Å². The second kappa shape index (κ2) is 11.4. The molecule has 1 heterocycles. The standard InChI is InChI=1S/C22H21N5O5S/c28-18(25-16(11-19(29)30)14-7-3-1-4-8-14)12-23-20(31)17-13-33-22(26-17)27-21(32)24-15-9-5-2-6-10-15/h1-10,13,16H,11-12H2,(H,23,31)(H,25,28)(H,29,30)(H2,24,26,27,32). The molecule has 170 valence electrons. The maximum atomic E-state index is 12.3. The number of para-hydroxylation sites is 1. The van der Waals surface area contributed by atoms with Gasteiger partial charge in [-0.1, -0.05) is 48.5 Å². The third kappa shape index (κ3) is 7.43. The second-order valence-electron chi connectivity index (χ2n) is 6.79. The Balaban J connectivity index is 1.50. The zero-order valence-corrected chi connectivity index (χ0v) is 18.1. The Bertz CT molecular complexity index is 1120. The van der Waals surface area contributed by atoms with Crippen LogP contribution < -0.4 is 21.3 Å². The minimum absolute atomic E-state index is 0.0351. The summed E-state index contributed by atoms with van der Waals surface area (Å²) in [4.78, 5) is 51.8. The summed E-state index contributed by atoms with van der Waals surface area (Å²) in [5, 5.41) is 21.0. The van der Waals surface area contributed by atoms with Gasteiger partial charge in [-0.2, -0.15) is 0 Å². The van der Waals surface area contributed by atoms with Crippen LogP contribution >= 0.6 is 11.3 Å². The molecule has 11 heteroatoms. The number of carbonyl (C=O) groups excluding carboxylic acids is 3. The Morgan fingerprint density at radius 2 is 1.61 bits per heavy atom. The number of carboxylic acid groups (broad SMARTS) is 1. The number of amides is 4. The molecule has 0 radical (unpaired) electrons. The molecule has 0 bridgehead atoms. The van der Waals surface area contributed by atoms with Gasteiger partial charge in [0.15, 0.2) is 5.13 Å². The maximum Gasteiger partial charge on any atom is 0.325 e. The van der Waals surface area contributed by atoms with Crippen LogP contribution in [0.3, 0.4) is 0 Å². The zero-order chi connectivity index (χ0) is 23.6. The van der Waals surface area contributed by atoms with E-state index < -0.39 is 29.9 Å². The van der Waals surface area contributed by atoms with Crippen molar-refractivity contribution in [2.75, 3.05) is 17.2 Å². The van der Waals surface area contributed by atoms with Crippen LogP contribution in [0.4, 0.5) is 15.6 Å². The molecule has 1 unspecified atom stereocenters. The van der Waals surface area contributed by atoms with E-state index in [1.165, 1.54) is 5.38 Å². The van der Waals surface area contributed by atoms with Crippen molar-refractivity contribution in [3.05, 3.63) is 77.3 Å². The average Bonchev–Trinajstić information content (AvgIpc) is 3.26. The monoisotopic (exact) mass is 467 g/mol. The van der Waals surface area contributed by atoms with Gasteiger partial charge in [0.05, 0.1) is 19.0 Å². The molecular weight excluding hydrogens is 446 g/mol. The van der Waals surface area contributed by atoms with E-state index in [4.69, 9.17) is 5.11 Å². The molecule has 0 saturated carbocycles. The maximum absolute atomic E-state index is 12.3. The van der Waals surface area contributed by atoms with Crippen LogP contribution in [0.15, 0.2) is 66.0 Å². The minimum atomic E-state index is -1.06. The number of carboxylic acids is 1. The fourth-order valence-electron chi connectivity index (χ4n) is 2.83. The van der Waals surface area contributed by atoms with Crippen LogP contribution in [0.2, 0.25) is 0 Å². The van der Waals surface area contributed by atoms with Crippen molar-refractivity contribution in [2.24, 2.45) is 0 Å². The van der Waals surface area contributed by atoms with Crippen molar-refractivity contribution < 1.29 is 24.3 Å². The fourth-order valence-corrected chi connectivity index (χ4v) is 3.51. The summed E-state index contributed by atoms with van der Waals surface area (Å²) in [5.74, 6) is -2.21. The largest absolute Gasteiger partial charge is 0.481 e. The molecule has 3 aromatic rings. The van der Waals surface area contributed by atoms with Gasteiger partial charge in [0, 0.05) is 11.1 Å². The Morgan fingerprint density at radius 1 is 0.939 bits per heavy atom. The number of rotatable bonds is 9. The lowest BCUT2D eigenvalue weighted by atomic mass is 10.0. The second-order valence-corrected chi connectivity index (χ2v) is 7.65. The smallest absolute Gasteiger partial charge is 0.325 e. The number of carbonyl (C=O) groups is 4. The van der Waals surface area contributed by atoms with Crippen molar-refractivity contribution in [1.82, 2.24) is 15.6 Å². The molecule has 0 saturated heterocycles. The first kappa shape index (κ1) is 23.4. The summed E-state index contributed by atoms with van der Waals surface area (Å²) in [5.41, 5.74) is 1.28. The van der Waals surface area contributed by atoms with E-state index in [0.717, 1.165) is 11.3 Å². The van der Waals surface area contributed by atoms with E-state index in [9.17, 15) is 19.2 Å². The van der Waals surface area contributed by atoms with Gasteiger partial charge in [-0.25, -0.2) is 9.78 Å². The van der Waals surface area contributed by atoms with E-state index in [0.29, 0.717) is 11.3 Å². The van der Waals surface area contributed by atoms with Crippen molar-refractivity contribution in [1.29, 1.82) is 0 Å². The Morgan fingerprint density at radius 3 is 2.27 bits per heavy atom. The van der Waals surface area contributed by atoms with Crippen LogP contribution in [-0.4, -0.2) is 40.5 Å². The van der Waals surface area contributed by atoms with Crippen molar-refractivity contribution in [3.63, 3.8) is 0 Å². The lowest BCUT2D eigenvalue weighted by molar-refractivity contribution is -0.137. The van der Waals surface area contributed by atoms with Gasteiger partial charge in [0.25, 0.3) is 5.91 Å². The van der Waals surface area contributed by atoms with Gasteiger partial charge < -0.3 is 21.1 Å². The minimum Gasteiger partial charge on any atom is -0.481 e. The predicted octanol–water partition coefficient (Wildman–Crippen LogP) is 2.85. The van der Waals surface area contributed by atoms with Crippen molar-refractivity contribution in [2.45, 2.75) is 12.5 Å². The molecule has 0 aliphatic heterocycles. The molecule has 0 aliphatic carbocycles. The number of urea groups is 1. The van der Waals surface area contributed by atoms with E-state index in [-0.39, 0.29) is 23.8 Å². The van der Waals surface area contributed by atoms with Crippen LogP contribution in [0.1, 0.15) is 28.5 Å². The molecule has 4 amide bonds. The molecule has 0 aliphatic rings. The summed E-state index contributed by atoms with van der Waals surface area (Å²) >= 11 is 1.06. The number of benzene rings is 2. The molecule has 2 aromatic carbocycles. The fraction of sp³-hybridized carbons (Fsp3) is 0.136. The van der Waals surface area contributed by atoms with Gasteiger partial charge in [0.1, 0.15) is 5.69 Å². The Kier molecular flexibility index (Phi) is 8.08. The molecule has 10 nitrogen and oxygen atoms in total. The molecule has 0 fully saturated rings. The molecule has 1 atom stereocenters. The number of aromatic nitrogens is 1. The highest BCUT2D eigenvalue weighted by atomic mass is 32.1. The molecule has 1 aromatic heterocycles. The number of nitrogens with one attached hydrogen (secondary N) is 4.